The van der Waals surface area contributed by atoms with Gasteiger partial charge in [-0.2, -0.15) is 0 Å². The Labute approximate surface area is 508 Å². The maximum Gasteiger partial charge on any atom is 0.306 e. The van der Waals surface area contributed by atoms with Crippen molar-refractivity contribution in [3.63, 3.8) is 0 Å². The highest BCUT2D eigenvalue weighted by Gasteiger charge is 2.22. The van der Waals surface area contributed by atoms with Crippen molar-refractivity contribution in [3.05, 3.63) is 48.6 Å². The molecule has 0 aliphatic heterocycles. The number of nitrogens with zero attached hydrogens (tertiary/aromatic N) is 1. The molecule has 9 nitrogen and oxygen atoms in total. The van der Waals surface area contributed by atoms with E-state index in [1.807, 2.05) is 21.1 Å². The molecule has 2 unspecified atom stereocenters. The molecule has 0 aromatic rings. The van der Waals surface area contributed by atoms with Gasteiger partial charge in [0.25, 0.3) is 0 Å². The predicted octanol–water partition coefficient (Wildman–Crippen LogP) is 20.4. The highest BCUT2D eigenvalue weighted by atomic mass is 16.7. The average molecular weight is 1150 g/mol. The quantitative estimate of drug-likeness (QED) is 0.0195. The zero-order chi connectivity index (χ0) is 59.8. The lowest BCUT2D eigenvalue weighted by atomic mass is 10.0. The normalized spacial score (nSPS) is 12.9. The van der Waals surface area contributed by atoms with Crippen molar-refractivity contribution < 1.29 is 42.9 Å². The summed E-state index contributed by atoms with van der Waals surface area (Å²) < 4.78 is 22.8. The first-order valence-corrected chi connectivity index (χ1v) is 35.3. The molecule has 0 bridgehead atoms. The number of unbranched alkanes of at least 4 members (excludes halogenated alkanes) is 43. The molecular weight excluding hydrogens is 1020 g/mol. The Kier molecular flexibility index (Phi) is 62.1. The second-order valence-electron chi connectivity index (χ2n) is 25.2. The number of esters is 2. The number of carbonyl (C=O) groups is 3. The summed E-state index contributed by atoms with van der Waals surface area (Å²) in [4.78, 5) is 37.4. The van der Waals surface area contributed by atoms with E-state index in [1.54, 1.807) is 0 Å². The highest BCUT2D eigenvalue weighted by Crippen LogP contribution is 2.19. The number of rotatable bonds is 66. The summed E-state index contributed by atoms with van der Waals surface area (Å²) in [5, 5.41) is 11.8. The summed E-state index contributed by atoms with van der Waals surface area (Å²) in [5.74, 6) is -2.25. The smallest absolute Gasteiger partial charge is 0.306 e. The summed E-state index contributed by atoms with van der Waals surface area (Å²) in [5.41, 5.74) is 0. The molecule has 0 saturated heterocycles. The van der Waals surface area contributed by atoms with Gasteiger partial charge in [-0.25, -0.2) is 0 Å². The zero-order valence-corrected chi connectivity index (χ0v) is 54.9. The van der Waals surface area contributed by atoms with Gasteiger partial charge in [0.2, 0.25) is 0 Å². The molecule has 82 heavy (non-hydrogen) atoms. The molecule has 0 fully saturated rings. The lowest BCUT2D eigenvalue weighted by molar-refractivity contribution is -0.870. The van der Waals surface area contributed by atoms with Gasteiger partial charge in [0.05, 0.1) is 40.3 Å². The van der Waals surface area contributed by atoms with E-state index in [4.69, 9.17) is 18.9 Å². The van der Waals surface area contributed by atoms with Crippen LogP contribution in [0.5, 0.6) is 0 Å². The molecule has 0 spiro atoms. The Hall–Kier alpha value is -2.75. The van der Waals surface area contributed by atoms with Crippen LogP contribution in [0.3, 0.4) is 0 Å². The Morgan fingerprint density at radius 2 is 0.695 bits per heavy atom. The van der Waals surface area contributed by atoms with Gasteiger partial charge >= 0.3 is 11.9 Å². The van der Waals surface area contributed by atoms with E-state index in [0.717, 1.165) is 64.2 Å². The van der Waals surface area contributed by atoms with Crippen molar-refractivity contribution in [3.8, 4) is 0 Å². The molecule has 0 radical (unpaired) electrons. The van der Waals surface area contributed by atoms with E-state index < -0.39 is 24.3 Å². The van der Waals surface area contributed by atoms with Gasteiger partial charge in [-0.05, 0) is 51.4 Å². The van der Waals surface area contributed by atoms with Crippen LogP contribution in [0.2, 0.25) is 0 Å². The number of quaternary nitrogens is 1. The van der Waals surface area contributed by atoms with E-state index in [2.05, 4.69) is 62.5 Å². The molecule has 0 amide bonds. The molecule has 480 valence electrons. The van der Waals surface area contributed by atoms with Gasteiger partial charge < -0.3 is 33.3 Å². The van der Waals surface area contributed by atoms with Gasteiger partial charge in [0.15, 0.2) is 12.4 Å². The van der Waals surface area contributed by atoms with Crippen LogP contribution in [0.15, 0.2) is 48.6 Å². The predicted molar refractivity (Wildman–Crippen MR) is 348 cm³/mol. The molecule has 0 N–H and O–H groups in total. The van der Waals surface area contributed by atoms with Crippen molar-refractivity contribution in [2.45, 2.75) is 354 Å². The molecule has 0 aromatic heterocycles. The fourth-order valence-electron chi connectivity index (χ4n) is 10.5. The number of hydrogen-bond donors (Lipinski definition) is 0. The van der Waals surface area contributed by atoms with Crippen LogP contribution in [0.25, 0.3) is 0 Å². The van der Waals surface area contributed by atoms with Gasteiger partial charge in [0, 0.05) is 12.8 Å². The van der Waals surface area contributed by atoms with Crippen molar-refractivity contribution in [1.29, 1.82) is 0 Å². The average Bonchev–Trinajstić information content (AvgIpc) is 3.47. The maximum absolute atomic E-state index is 12.9. The Balaban J connectivity index is 3.99. The van der Waals surface area contributed by atoms with Crippen LogP contribution < -0.4 is 5.11 Å². The molecule has 0 aromatic carbocycles. The van der Waals surface area contributed by atoms with Crippen LogP contribution in [0, 0.1) is 0 Å². The lowest BCUT2D eigenvalue weighted by Gasteiger charge is -2.26. The third-order valence-corrected chi connectivity index (χ3v) is 15.8. The Morgan fingerprint density at radius 3 is 1.04 bits per heavy atom. The number of carboxylic acid groups (broad SMARTS) is 1. The highest BCUT2D eigenvalue weighted by molar-refractivity contribution is 5.70. The van der Waals surface area contributed by atoms with Crippen molar-refractivity contribution in [2.75, 3.05) is 47.5 Å². The molecule has 2 atom stereocenters. The largest absolute Gasteiger partial charge is 0.545 e. The minimum Gasteiger partial charge on any atom is -0.545 e. The third kappa shape index (κ3) is 64.8. The number of hydrogen-bond acceptors (Lipinski definition) is 8. The van der Waals surface area contributed by atoms with Gasteiger partial charge in [-0.1, -0.05) is 326 Å². The van der Waals surface area contributed by atoms with Crippen LogP contribution in [-0.4, -0.2) is 82.3 Å². The number of carboxylic acids is 1. The van der Waals surface area contributed by atoms with Gasteiger partial charge in [0.1, 0.15) is 13.2 Å². The fraction of sp³-hybridized carbons (Fsp3) is 0.849. The summed E-state index contributed by atoms with van der Waals surface area (Å²) in [6, 6.07) is 0. The van der Waals surface area contributed by atoms with Crippen LogP contribution >= 0.6 is 0 Å². The molecular formula is C73H135NO8. The van der Waals surface area contributed by atoms with Gasteiger partial charge in [-0.3, -0.25) is 9.59 Å². The van der Waals surface area contributed by atoms with E-state index in [-0.39, 0.29) is 32.2 Å². The van der Waals surface area contributed by atoms with E-state index in [9.17, 15) is 19.5 Å². The van der Waals surface area contributed by atoms with Gasteiger partial charge in [-0.15, -0.1) is 0 Å². The molecule has 0 aliphatic rings. The fourth-order valence-corrected chi connectivity index (χ4v) is 10.5. The summed E-state index contributed by atoms with van der Waals surface area (Å²) in [6.45, 7) is 4.70. The first-order valence-electron chi connectivity index (χ1n) is 35.3. The van der Waals surface area contributed by atoms with Crippen molar-refractivity contribution in [2.24, 2.45) is 0 Å². The summed E-state index contributed by atoms with van der Waals surface area (Å²) in [7, 11) is 5.94. The Bertz CT molecular complexity index is 1480. The number of likely N-dealkylation sites (N-methyl/N-ethyl adjacent to an activating group) is 1. The topological polar surface area (TPSA) is 111 Å². The minimum absolute atomic E-state index is 0.151. The minimum atomic E-state index is -1.62. The summed E-state index contributed by atoms with van der Waals surface area (Å²) in [6.07, 6.45) is 79.2. The standard InChI is InChI=1S/C73H135NO8/c1-6-8-10-12-14-16-18-20-22-24-26-28-29-30-31-32-33-34-35-36-37-38-39-40-41-42-43-44-46-48-50-52-54-56-58-60-62-64-71(76)82-69(68-81-73(72(77)78)79-66-65-74(3,4)5)67-80-70(75)63-61-59-57-55-53-51-49-47-45-27-25-23-21-19-17-15-13-11-9-7-2/h8,10,14,16,20,22,26,28,69,73H,6-7,9,11-13,15,17-19,21,23-25,27,29-68H2,1-5H3/b10-8-,16-14-,22-20-,28-26-. The third-order valence-electron chi connectivity index (χ3n) is 15.8. The zero-order valence-electron chi connectivity index (χ0n) is 54.9. The van der Waals surface area contributed by atoms with Crippen LogP contribution in [0.4, 0.5) is 0 Å². The first kappa shape index (κ1) is 79.2. The van der Waals surface area contributed by atoms with Crippen molar-refractivity contribution in [1.82, 2.24) is 0 Å². The molecule has 9 heteroatoms. The molecule has 0 heterocycles. The number of carbonyl (C=O) groups excluding carboxylic acids is 3. The van der Waals surface area contributed by atoms with E-state index >= 15 is 0 Å². The molecule has 0 rings (SSSR count). The molecule has 0 saturated carbocycles. The van der Waals surface area contributed by atoms with Crippen LogP contribution in [-0.2, 0) is 33.3 Å². The van der Waals surface area contributed by atoms with E-state index in [0.29, 0.717) is 17.4 Å². The molecule has 0 aliphatic carbocycles. The number of aliphatic carboxylic acids is 1. The Morgan fingerprint density at radius 1 is 0.378 bits per heavy atom. The first-order chi connectivity index (χ1) is 40.1. The van der Waals surface area contributed by atoms with Crippen molar-refractivity contribution >= 4 is 17.9 Å². The summed E-state index contributed by atoms with van der Waals surface area (Å²) >= 11 is 0. The second-order valence-corrected chi connectivity index (χ2v) is 25.2. The second kappa shape index (κ2) is 64.3. The SMILES string of the molecule is CC/C=C\C/C=C\C/C=C\C/C=C\CCCCCCCCCCCCCCCCCCCCCCCCCCC(=O)OC(COC(=O)CCCCCCCCCCCCCCCCCCCCCC)COC(OCC[N+](C)(C)C)C(=O)[O-]. The van der Waals surface area contributed by atoms with E-state index in [1.165, 1.54) is 250 Å². The maximum atomic E-state index is 12.9. The number of allylic oxidation sites excluding steroid dienone is 8. The monoisotopic (exact) mass is 1150 g/mol. The lowest BCUT2D eigenvalue weighted by Crippen LogP contribution is -2.44. The number of ether oxygens (including phenoxy) is 4. The van der Waals surface area contributed by atoms with Crippen LogP contribution in [0.1, 0.15) is 341 Å².